The third-order valence-corrected chi connectivity index (χ3v) is 3.59. The van der Waals surface area contributed by atoms with E-state index in [-0.39, 0.29) is 42.9 Å². The highest BCUT2D eigenvalue weighted by atomic mass is 16.5. The summed E-state index contributed by atoms with van der Waals surface area (Å²) in [7, 11) is 3.05. The van der Waals surface area contributed by atoms with Gasteiger partial charge in [-0.3, -0.25) is 19.1 Å². The topological polar surface area (TPSA) is 120 Å². The first kappa shape index (κ1) is 20.9. The molecule has 0 aliphatic heterocycles. The van der Waals surface area contributed by atoms with Crippen molar-refractivity contribution in [2.24, 2.45) is 5.92 Å². The number of carbonyl (C=O) groups is 1. The number of ether oxygens (including phenoxy) is 2. The molecule has 9 nitrogen and oxygen atoms in total. The van der Waals surface area contributed by atoms with Gasteiger partial charge in [-0.15, -0.1) is 0 Å². The minimum Gasteiger partial charge on any atom is -0.385 e. The predicted molar refractivity (Wildman–Crippen MR) is 95.9 cm³/mol. The Bertz CT molecular complexity index is 680. The van der Waals surface area contributed by atoms with Crippen LogP contribution in [0.3, 0.4) is 0 Å². The molecule has 0 aromatic carbocycles. The van der Waals surface area contributed by atoms with Crippen molar-refractivity contribution in [3.8, 4) is 0 Å². The highest BCUT2D eigenvalue weighted by Gasteiger charge is 2.24. The number of carbonyl (C=O) groups excluding carboxylic acids is 1. The summed E-state index contributed by atoms with van der Waals surface area (Å²) >= 11 is 0. The molecule has 0 fully saturated rings. The summed E-state index contributed by atoms with van der Waals surface area (Å²) in [4.78, 5) is 40.5. The van der Waals surface area contributed by atoms with Gasteiger partial charge in [0, 0.05) is 40.3 Å². The molecular formula is C16H28N4O5. The molecular weight excluding hydrogens is 328 g/mol. The third-order valence-electron chi connectivity index (χ3n) is 3.59. The van der Waals surface area contributed by atoms with Crippen LogP contribution in [0.5, 0.6) is 0 Å². The van der Waals surface area contributed by atoms with E-state index in [9.17, 15) is 14.4 Å². The maximum atomic E-state index is 12.6. The highest BCUT2D eigenvalue weighted by molar-refractivity contribution is 5.95. The van der Waals surface area contributed by atoms with E-state index in [0.717, 1.165) is 0 Å². The van der Waals surface area contributed by atoms with E-state index in [1.54, 1.807) is 7.11 Å². The van der Waals surface area contributed by atoms with Crippen molar-refractivity contribution in [2.75, 3.05) is 44.6 Å². The molecule has 0 saturated carbocycles. The second-order valence-corrected chi connectivity index (χ2v) is 6.13. The number of methoxy groups -OCH3 is 2. The van der Waals surface area contributed by atoms with Crippen LogP contribution in [-0.2, 0) is 20.8 Å². The highest BCUT2D eigenvalue weighted by Crippen LogP contribution is 2.18. The number of hydrogen-bond donors (Lipinski definition) is 2. The van der Waals surface area contributed by atoms with Crippen LogP contribution in [0.25, 0.3) is 0 Å². The van der Waals surface area contributed by atoms with Crippen molar-refractivity contribution in [3.05, 3.63) is 20.8 Å². The molecule has 1 rings (SSSR count). The summed E-state index contributed by atoms with van der Waals surface area (Å²) in [5, 5.41) is 0. The Morgan fingerprint density at radius 2 is 1.88 bits per heavy atom. The molecule has 0 spiro atoms. The SMILES string of the molecule is COCCCC(=O)N(CCOC)c1c(N)n(CC(C)C)c(=O)[nH]c1=O. The minimum atomic E-state index is -0.682. The second kappa shape index (κ2) is 10.00. The van der Waals surface area contributed by atoms with Crippen LogP contribution < -0.4 is 21.9 Å². The van der Waals surface area contributed by atoms with Gasteiger partial charge in [-0.2, -0.15) is 0 Å². The Morgan fingerprint density at radius 1 is 1.24 bits per heavy atom. The van der Waals surface area contributed by atoms with Gasteiger partial charge in [-0.05, 0) is 12.3 Å². The van der Waals surface area contributed by atoms with Gasteiger partial charge in [-0.25, -0.2) is 4.79 Å². The molecule has 0 atom stereocenters. The van der Waals surface area contributed by atoms with Gasteiger partial charge in [0.2, 0.25) is 5.91 Å². The summed E-state index contributed by atoms with van der Waals surface area (Å²) < 4.78 is 11.3. The van der Waals surface area contributed by atoms with Gasteiger partial charge >= 0.3 is 5.69 Å². The smallest absolute Gasteiger partial charge is 0.330 e. The zero-order chi connectivity index (χ0) is 19.0. The Balaban J connectivity index is 3.30. The van der Waals surface area contributed by atoms with Crippen LogP contribution >= 0.6 is 0 Å². The van der Waals surface area contributed by atoms with Gasteiger partial charge in [0.05, 0.1) is 6.61 Å². The fraction of sp³-hybridized carbons (Fsp3) is 0.688. The number of rotatable bonds is 10. The Morgan fingerprint density at radius 3 is 2.44 bits per heavy atom. The molecule has 0 aliphatic rings. The zero-order valence-corrected chi connectivity index (χ0v) is 15.3. The number of nitrogens with zero attached hydrogens (tertiary/aromatic N) is 2. The van der Waals surface area contributed by atoms with E-state index in [1.807, 2.05) is 13.8 Å². The lowest BCUT2D eigenvalue weighted by Crippen LogP contribution is -2.42. The molecule has 0 radical (unpaired) electrons. The molecule has 1 aromatic rings. The predicted octanol–water partition coefficient (Wildman–Crippen LogP) is 0.181. The van der Waals surface area contributed by atoms with Gasteiger partial charge in [0.15, 0.2) is 5.69 Å². The monoisotopic (exact) mass is 356 g/mol. The number of nitrogens with two attached hydrogens (primary N) is 1. The zero-order valence-electron chi connectivity index (χ0n) is 15.3. The molecule has 1 amide bonds. The number of aromatic amines is 1. The van der Waals surface area contributed by atoms with Crippen LogP contribution in [0.4, 0.5) is 11.5 Å². The lowest BCUT2D eigenvalue weighted by molar-refractivity contribution is -0.119. The number of nitrogens with one attached hydrogen (secondary N) is 1. The van der Waals surface area contributed by atoms with Gasteiger partial charge in [-0.1, -0.05) is 13.8 Å². The van der Waals surface area contributed by atoms with Crippen molar-refractivity contribution in [1.29, 1.82) is 0 Å². The summed E-state index contributed by atoms with van der Waals surface area (Å²) in [6.07, 6.45) is 0.710. The molecule has 0 unspecified atom stereocenters. The maximum Gasteiger partial charge on any atom is 0.330 e. The number of nitrogen functional groups attached to an aromatic ring is 1. The molecule has 0 bridgehead atoms. The Kier molecular flexibility index (Phi) is 8.36. The number of H-pyrrole nitrogens is 1. The Labute approximate surface area is 146 Å². The summed E-state index contributed by atoms with van der Waals surface area (Å²) in [6.45, 7) is 5.02. The van der Waals surface area contributed by atoms with Gasteiger partial charge < -0.3 is 20.1 Å². The van der Waals surface area contributed by atoms with Crippen molar-refractivity contribution in [1.82, 2.24) is 9.55 Å². The molecule has 1 heterocycles. The van der Waals surface area contributed by atoms with E-state index in [2.05, 4.69) is 4.98 Å². The average Bonchev–Trinajstić information content (AvgIpc) is 2.54. The number of amides is 1. The first-order valence-electron chi connectivity index (χ1n) is 8.24. The van der Waals surface area contributed by atoms with Crippen molar-refractivity contribution < 1.29 is 14.3 Å². The van der Waals surface area contributed by atoms with Crippen LogP contribution in [0.15, 0.2) is 9.59 Å². The van der Waals surface area contributed by atoms with E-state index < -0.39 is 11.2 Å². The molecule has 25 heavy (non-hydrogen) atoms. The largest absolute Gasteiger partial charge is 0.385 e. The van der Waals surface area contributed by atoms with E-state index in [4.69, 9.17) is 15.2 Å². The van der Waals surface area contributed by atoms with Crippen LogP contribution in [0.2, 0.25) is 0 Å². The number of aromatic nitrogens is 2. The molecule has 0 saturated heterocycles. The minimum absolute atomic E-state index is 0.0142. The summed E-state index contributed by atoms with van der Waals surface area (Å²) in [6, 6.07) is 0. The van der Waals surface area contributed by atoms with Crippen LogP contribution in [0, 0.1) is 5.92 Å². The maximum absolute atomic E-state index is 12.6. The van der Waals surface area contributed by atoms with Crippen molar-refractivity contribution in [3.63, 3.8) is 0 Å². The lowest BCUT2D eigenvalue weighted by atomic mass is 10.2. The Hall–Kier alpha value is -2.13. The van der Waals surface area contributed by atoms with Crippen LogP contribution in [-0.4, -0.2) is 49.4 Å². The summed E-state index contributed by atoms with van der Waals surface area (Å²) in [5.41, 5.74) is 4.80. The van der Waals surface area contributed by atoms with E-state index in [1.165, 1.54) is 16.6 Å². The fourth-order valence-electron chi connectivity index (χ4n) is 2.43. The van der Waals surface area contributed by atoms with Crippen molar-refractivity contribution >= 4 is 17.4 Å². The molecule has 142 valence electrons. The molecule has 3 N–H and O–H groups in total. The fourth-order valence-corrected chi connectivity index (χ4v) is 2.43. The summed E-state index contributed by atoms with van der Waals surface area (Å²) in [5.74, 6) is -0.150. The first-order chi connectivity index (χ1) is 11.8. The first-order valence-corrected chi connectivity index (χ1v) is 8.24. The van der Waals surface area contributed by atoms with Crippen molar-refractivity contribution in [2.45, 2.75) is 33.2 Å². The third kappa shape index (κ3) is 5.71. The van der Waals surface area contributed by atoms with Gasteiger partial charge in [0.1, 0.15) is 5.82 Å². The molecule has 1 aromatic heterocycles. The quantitative estimate of drug-likeness (QED) is 0.577. The average molecular weight is 356 g/mol. The van der Waals surface area contributed by atoms with Crippen LogP contribution in [0.1, 0.15) is 26.7 Å². The second-order valence-electron chi connectivity index (χ2n) is 6.13. The lowest BCUT2D eigenvalue weighted by Gasteiger charge is -2.24. The van der Waals surface area contributed by atoms with E-state index >= 15 is 0 Å². The number of hydrogen-bond acceptors (Lipinski definition) is 6. The van der Waals surface area contributed by atoms with Gasteiger partial charge in [0.25, 0.3) is 5.56 Å². The normalized spacial score (nSPS) is 11.1. The molecule has 0 aliphatic carbocycles. The number of anilines is 2. The van der Waals surface area contributed by atoms with E-state index in [0.29, 0.717) is 19.6 Å². The standard InChI is InChI=1S/C16H28N4O5/c1-11(2)10-20-14(17)13(15(22)18-16(20)23)19(7-9-25-4)12(21)6-5-8-24-3/h11H,5-10,17H2,1-4H3,(H,18,22,23). The molecule has 9 heteroatoms.